The molecule has 0 radical (unpaired) electrons. The van der Waals surface area contributed by atoms with Gasteiger partial charge in [0.05, 0.1) is 0 Å². The highest BCUT2D eigenvalue weighted by Gasteiger charge is 2.32. The lowest BCUT2D eigenvalue weighted by molar-refractivity contribution is -0.000244. The number of hydrogen-bond donors (Lipinski definition) is 1. The molecule has 0 aromatic carbocycles. The fraction of sp³-hybridized carbons (Fsp3) is 0.727. The van der Waals surface area contributed by atoms with Gasteiger partial charge in [0.1, 0.15) is 11.7 Å². The van der Waals surface area contributed by atoms with E-state index in [1.54, 1.807) is 4.90 Å². The molecule has 1 N–H and O–H groups in total. The van der Waals surface area contributed by atoms with Gasteiger partial charge in [0, 0.05) is 25.4 Å². The van der Waals surface area contributed by atoms with Crippen LogP contribution in [0.3, 0.4) is 0 Å². The average molecular weight is 211 g/mol. The van der Waals surface area contributed by atoms with Crippen LogP contribution in [0.5, 0.6) is 0 Å². The molecule has 1 aliphatic heterocycles. The molecule has 1 amide bonds. The van der Waals surface area contributed by atoms with Gasteiger partial charge in [-0.2, -0.15) is 0 Å². The van der Waals surface area contributed by atoms with Crippen molar-refractivity contribution in [1.82, 2.24) is 4.90 Å². The van der Waals surface area contributed by atoms with Crippen molar-refractivity contribution in [3.8, 4) is 12.0 Å². The summed E-state index contributed by atoms with van der Waals surface area (Å²) < 4.78 is 5.20. The van der Waals surface area contributed by atoms with E-state index in [2.05, 4.69) is 5.92 Å². The first-order valence-electron chi connectivity index (χ1n) is 5.02. The van der Waals surface area contributed by atoms with Gasteiger partial charge in [-0.15, -0.1) is 0 Å². The molecule has 0 atom stereocenters. The molecule has 1 heterocycles. The number of rotatable bonds is 1. The lowest BCUT2D eigenvalue weighted by atomic mass is 9.97. The molecule has 1 aliphatic rings. The third-order valence-corrected chi connectivity index (χ3v) is 2.08. The molecule has 0 spiro atoms. The Balaban J connectivity index is 2.26. The van der Waals surface area contributed by atoms with Crippen molar-refractivity contribution >= 4 is 6.09 Å². The summed E-state index contributed by atoms with van der Waals surface area (Å²) in [5.74, 6) is 2.96. The molecule has 1 saturated heterocycles. The third-order valence-electron chi connectivity index (χ3n) is 2.08. The fourth-order valence-corrected chi connectivity index (χ4v) is 1.36. The van der Waals surface area contributed by atoms with Crippen molar-refractivity contribution in [3.05, 3.63) is 0 Å². The second-order valence-electron chi connectivity index (χ2n) is 4.74. The number of ether oxygens (including phenoxy) is 1. The Morgan fingerprint density at radius 2 is 2.13 bits per heavy atom. The first-order chi connectivity index (χ1) is 6.92. The summed E-state index contributed by atoms with van der Waals surface area (Å²) >= 11 is 0. The van der Waals surface area contributed by atoms with Crippen LogP contribution in [-0.4, -0.2) is 34.8 Å². The summed E-state index contributed by atoms with van der Waals surface area (Å²) in [4.78, 5) is 13.1. The normalized spacial score (nSPS) is 16.3. The first-order valence-corrected chi connectivity index (χ1v) is 5.02. The minimum absolute atomic E-state index is 0.268. The Labute approximate surface area is 90.2 Å². The minimum atomic E-state index is -0.437. The highest BCUT2D eigenvalue weighted by molar-refractivity contribution is 5.69. The van der Waals surface area contributed by atoms with Crippen LogP contribution < -0.4 is 0 Å². The maximum atomic E-state index is 11.5. The van der Waals surface area contributed by atoms with Gasteiger partial charge in [0.15, 0.2) is 0 Å². The zero-order valence-electron chi connectivity index (χ0n) is 9.41. The van der Waals surface area contributed by atoms with Gasteiger partial charge in [-0.1, -0.05) is 5.92 Å². The van der Waals surface area contributed by atoms with E-state index >= 15 is 0 Å². The van der Waals surface area contributed by atoms with Crippen molar-refractivity contribution in [2.45, 2.75) is 32.8 Å². The largest absolute Gasteiger partial charge is 0.462 e. The minimum Gasteiger partial charge on any atom is -0.462 e. The maximum absolute atomic E-state index is 11.5. The monoisotopic (exact) mass is 211 g/mol. The highest BCUT2D eigenvalue weighted by Crippen LogP contribution is 2.21. The van der Waals surface area contributed by atoms with Crippen molar-refractivity contribution in [2.24, 2.45) is 5.92 Å². The summed E-state index contributed by atoms with van der Waals surface area (Å²) in [5, 5.41) is 8.30. The predicted octanol–water partition coefficient (Wildman–Crippen LogP) is 1.58. The van der Waals surface area contributed by atoms with E-state index in [0.29, 0.717) is 25.4 Å². The Kier molecular flexibility index (Phi) is 3.46. The van der Waals surface area contributed by atoms with Crippen LogP contribution in [0.2, 0.25) is 0 Å². The van der Waals surface area contributed by atoms with Crippen LogP contribution >= 0.6 is 0 Å². The van der Waals surface area contributed by atoms with Crippen LogP contribution in [0, 0.1) is 17.9 Å². The quantitative estimate of drug-likeness (QED) is 0.670. The maximum Gasteiger partial charge on any atom is 0.410 e. The van der Waals surface area contributed by atoms with Gasteiger partial charge in [-0.25, -0.2) is 4.79 Å². The van der Waals surface area contributed by atoms with E-state index in [-0.39, 0.29) is 6.09 Å². The molecule has 0 aromatic heterocycles. The van der Waals surface area contributed by atoms with Gasteiger partial charge >= 0.3 is 6.09 Å². The molecule has 0 bridgehead atoms. The topological polar surface area (TPSA) is 49.8 Å². The molecule has 15 heavy (non-hydrogen) atoms. The SMILES string of the molecule is CC(C)(C)OC(=O)N1CC(CC#CO)C1. The second kappa shape index (κ2) is 4.43. The molecule has 0 aliphatic carbocycles. The van der Waals surface area contributed by atoms with Crippen LogP contribution in [0.4, 0.5) is 4.79 Å². The predicted molar refractivity (Wildman–Crippen MR) is 55.6 cm³/mol. The molecule has 4 nitrogen and oxygen atoms in total. The van der Waals surface area contributed by atoms with E-state index in [9.17, 15) is 4.79 Å². The second-order valence-corrected chi connectivity index (χ2v) is 4.74. The van der Waals surface area contributed by atoms with Gasteiger partial charge in [-0.05, 0) is 20.8 Å². The Bertz CT molecular complexity index is 289. The molecular weight excluding hydrogens is 194 g/mol. The number of hydrogen-bond acceptors (Lipinski definition) is 3. The zero-order valence-corrected chi connectivity index (χ0v) is 9.41. The number of amides is 1. The Morgan fingerprint density at radius 3 is 2.60 bits per heavy atom. The van der Waals surface area contributed by atoms with Crippen molar-refractivity contribution in [1.29, 1.82) is 0 Å². The molecule has 4 heteroatoms. The molecular formula is C11H17NO3. The number of likely N-dealkylation sites (tertiary alicyclic amines) is 1. The number of aliphatic hydroxyl groups is 1. The summed E-state index contributed by atoms with van der Waals surface area (Å²) in [5.41, 5.74) is -0.437. The van der Waals surface area contributed by atoms with E-state index in [1.807, 2.05) is 26.9 Å². The molecule has 0 saturated carbocycles. The number of nitrogens with zero attached hydrogens (tertiary/aromatic N) is 1. The van der Waals surface area contributed by atoms with Crippen LogP contribution in [0.15, 0.2) is 0 Å². The van der Waals surface area contributed by atoms with E-state index in [0.717, 1.165) is 0 Å². The summed E-state index contributed by atoms with van der Waals surface area (Å²) in [7, 11) is 0. The number of aliphatic hydroxyl groups excluding tert-OH is 1. The van der Waals surface area contributed by atoms with Crippen molar-refractivity contribution in [3.63, 3.8) is 0 Å². The fourth-order valence-electron chi connectivity index (χ4n) is 1.36. The summed E-state index contributed by atoms with van der Waals surface area (Å²) in [6.07, 6.45) is 2.23. The average Bonchev–Trinajstić information content (AvgIpc) is 1.98. The van der Waals surface area contributed by atoms with Crippen LogP contribution in [0.25, 0.3) is 0 Å². The molecule has 0 aromatic rings. The van der Waals surface area contributed by atoms with Gasteiger partial charge in [0.25, 0.3) is 0 Å². The van der Waals surface area contributed by atoms with Gasteiger partial charge in [0.2, 0.25) is 0 Å². The van der Waals surface area contributed by atoms with E-state index in [4.69, 9.17) is 9.84 Å². The number of carbonyl (C=O) groups excluding carboxylic acids is 1. The lowest BCUT2D eigenvalue weighted by Gasteiger charge is -2.38. The van der Waals surface area contributed by atoms with Crippen LogP contribution in [0.1, 0.15) is 27.2 Å². The standard InChI is InChI=1S/C11H17NO3/c1-11(2,3)15-10(14)12-7-9(8-12)5-4-6-13/h9,13H,5,7-8H2,1-3H3. The summed E-state index contributed by atoms with van der Waals surface area (Å²) in [6, 6.07) is 0. The summed E-state index contributed by atoms with van der Waals surface area (Å²) in [6.45, 7) is 6.88. The van der Waals surface area contributed by atoms with Crippen molar-refractivity contribution < 1.29 is 14.6 Å². The Morgan fingerprint density at radius 1 is 1.53 bits per heavy atom. The molecule has 1 fully saturated rings. The first kappa shape index (κ1) is 11.7. The zero-order chi connectivity index (χ0) is 11.5. The van der Waals surface area contributed by atoms with E-state index < -0.39 is 5.60 Å². The molecule has 0 unspecified atom stereocenters. The van der Waals surface area contributed by atoms with Gasteiger partial charge in [-0.3, -0.25) is 0 Å². The third kappa shape index (κ3) is 3.70. The number of carbonyl (C=O) groups is 1. The molecule has 84 valence electrons. The van der Waals surface area contributed by atoms with Crippen molar-refractivity contribution in [2.75, 3.05) is 13.1 Å². The lowest BCUT2D eigenvalue weighted by Crippen LogP contribution is -2.51. The van der Waals surface area contributed by atoms with E-state index in [1.165, 1.54) is 0 Å². The smallest absolute Gasteiger partial charge is 0.410 e. The van der Waals surface area contributed by atoms with Crippen LogP contribution in [-0.2, 0) is 4.74 Å². The highest BCUT2D eigenvalue weighted by atomic mass is 16.6. The van der Waals surface area contributed by atoms with Gasteiger partial charge < -0.3 is 14.7 Å². The molecule has 1 rings (SSSR count). The Hall–Kier alpha value is -1.37.